The highest BCUT2D eigenvalue weighted by Crippen LogP contribution is 2.22. The molecule has 1 aromatic rings. The van der Waals surface area contributed by atoms with E-state index in [1.165, 1.54) is 6.33 Å². The Kier molecular flexibility index (Phi) is 1.89. The SMILES string of the molecule is O=C1CCC[C@H]1Cn1cncn1. The zero-order valence-corrected chi connectivity index (χ0v) is 6.81. The molecule has 1 fully saturated rings. The van der Waals surface area contributed by atoms with Crippen molar-refractivity contribution >= 4 is 5.78 Å². The molecule has 1 saturated carbocycles. The lowest BCUT2D eigenvalue weighted by atomic mass is 10.1. The zero-order valence-electron chi connectivity index (χ0n) is 6.81. The second-order valence-corrected chi connectivity index (χ2v) is 3.17. The number of ketones is 1. The van der Waals surface area contributed by atoms with Crippen LogP contribution in [0.3, 0.4) is 0 Å². The van der Waals surface area contributed by atoms with Crippen molar-refractivity contribution in [3.8, 4) is 0 Å². The Balaban J connectivity index is 1.99. The minimum atomic E-state index is 0.187. The largest absolute Gasteiger partial charge is 0.299 e. The van der Waals surface area contributed by atoms with Crippen LogP contribution >= 0.6 is 0 Å². The molecule has 4 heteroatoms. The van der Waals surface area contributed by atoms with Crippen LogP contribution in [0.5, 0.6) is 0 Å². The highest BCUT2D eigenvalue weighted by molar-refractivity contribution is 5.82. The Bertz CT molecular complexity index is 268. The fourth-order valence-corrected chi connectivity index (χ4v) is 1.63. The third-order valence-corrected chi connectivity index (χ3v) is 2.31. The Morgan fingerprint density at radius 1 is 1.67 bits per heavy atom. The van der Waals surface area contributed by atoms with Crippen LogP contribution in [-0.4, -0.2) is 20.5 Å². The van der Waals surface area contributed by atoms with Crippen LogP contribution in [0, 0.1) is 5.92 Å². The van der Waals surface area contributed by atoms with Gasteiger partial charge in [0.15, 0.2) is 0 Å². The molecule has 1 heterocycles. The minimum absolute atomic E-state index is 0.187. The van der Waals surface area contributed by atoms with E-state index in [0.717, 1.165) is 19.3 Å². The maximum atomic E-state index is 11.2. The van der Waals surface area contributed by atoms with Crippen molar-refractivity contribution < 1.29 is 4.79 Å². The Labute approximate surface area is 70.6 Å². The Hall–Kier alpha value is -1.19. The fraction of sp³-hybridized carbons (Fsp3) is 0.625. The average molecular weight is 165 g/mol. The zero-order chi connectivity index (χ0) is 8.39. The van der Waals surface area contributed by atoms with Crippen LogP contribution in [0.4, 0.5) is 0 Å². The van der Waals surface area contributed by atoms with E-state index in [2.05, 4.69) is 10.1 Å². The molecule has 0 N–H and O–H groups in total. The summed E-state index contributed by atoms with van der Waals surface area (Å²) < 4.78 is 1.73. The standard InChI is InChI=1S/C8H11N3O/c12-8-3-1-2-7(8)4-11-6-9-5-10-11/h5-7H,1-4H2/t7-/m0/s1. The summed E-state index contributed by atoms with van der Waals surface area (Å²) in [6, 6.07) is 0. The number of Topliss-reactive ketones (excluding diaryl/α,β-unsaturated/α-hetero) is 1. The summed E-state index contributed by atoms with van der Waals surface area (Å²) in [5, 5.41) is 3.97. The van der Waals surface area contributed by atoms with Crippen LogP contribution in [0.2, 0.25) is 0 Å². The van der Waals surface area contributed by atoms with Gasteiger partial charge in [-0.25, -0.2) is 4.98 Å². The van der Waals surface area contributed by atoms with Gasteiger partial charge in [-0.15, -0.1) is 0 Å². The molecule has 1 aliphatic rings. The third-order valence-electron chi connectivity index (χ3n) is 2.31. The number of carbonyl (C=O) groups is 1. The summed E-state index contributed by atoms with van der Waals surface area (Å²) in [5.74, 6) is 0.567. The molecule has 0 aromatic carbocycles. The smallest absolute Gasteiger partial charge is 0.137 e. The molecule has 2 rings (SSSR count). The van der Waals surface area contributed by atoms with Crippen LogP contribution in [0.25, 0.3) is 0 Å². The maximum Gasteiger partial charge on any atom is 0.137 e. The van der Waals surface area contributed by atoms with Crippen molar-refractivity contribution in [2.45, 2.75) is 25.8 Å². The van der Waals surface area contributed by atoms with E-state index in [-0.39, 0.29) is 5.92 Å². The quantitative estimate of drug-likeness (QED) is 0.646. The summed E-state index contributed by atoms with van der Waals surface area (Å²) in [6.07, 6.45) is 5.96. The average Bonchev–Trinajstić information content (AvgIpc) is 2.65. The Morgan fingerprint density at radius 2 is 2.58 bits per heavy atom. The number of aromatic nitrogens is 3. The first-order valence-corrected chi connectivity index (χ1v) is 4.21. The van der Waals surface area contributed by atoms with Gasteiger partial charge < -0.3 is 0 Å². The van der Waals surface area contributed by atoms with Gasteiger partial charge in [-0.3, -0.25) is 9.48 Å². The predicted octanol–water partition coefficient (Wildman–Crippen LogP) is 0.647. The number of hydrogen-bond donors (Lipinski definition) is 0. The van der Waals surface area contributed by atoms with Gasteiger partial charge in [0, 0.05) is 12.3 Å². The second-order valence-electron chi connectivity index (χ2n) is 3.17. The van der Waals surface area contributed by atoms with E-state index in [1.807, 2.05) is 0 Å². The van der Waals surface area contributed by atoms with Gasteiger partial charge in [0.05, 0.1) is 6.54 Å². The molecule has 1 atom stereocenters. The highest BCUT2D eigenvalue weighted by atomic mass is 16.1. The van der Waals surface area contributed by atoms with Crippen molar-refractivity contribution in [2.75, 3.05) is 0 Å². The lowest BCUT2D eigenvalue weighted by Gasteiger charge is -2.05. The molecular formula is C8H11N3O. The van der Waals surface area contributed by atoms with Gasteiger partial charge in [0.25, 0.3) is 0 Å². The summed E-state index contributed by atoms with van der Waals surface area (Å²) in [6.45, 7) is 0.707. The predicted molar refractivity (Wildman–Crippen MR) is 42.4 cm³/mol. The van der Waals surface area contributed by atoms with Gasteiger partial charge >= 0.3 is 0 Å². The van der Waals surface area contributed by atoms with Gasteiger partial charge in [0.2, 0.25) is 0 Å². The van der Waals surface area contributed by atoms with Crippen molar-refractivity contribution in [2.24, 2.45) is 5.92 Å². The molecular weight excluding hydrogens is 154 g/mol. The van der Waals surface area contributed by atoms with E-state index >= 15 is 0 Å². The molecule has 0 radical (unpaired) electrons. The van der Waals surface area contributed by atoms with Crippen LogP contribution in [0.15, 0.2) is 12.7 Å². The van der Waals surface area contributed by atoms with E-state index < -0.39 is 0 Å². The molecule has 0 aliphatic heterocycles. The Morgan fingerprint density at radius 3 is 3.17 bits per heavy atom. The molecule has 4 nitrogen and oxygen atoms in total. The molecule has 12 heavy (non-hydrogen) atoms. The molecule has 0 spiro atoms. The number of hydrogen-bond acceptors (Lipinski definition) is 3. The first kappa shape index (κ1) is 7.46. The molecule has 0 amide bonds. The minimum Gasteiger partial charge on any atom is -0.299 e. The van der Waals surface area contributed by atoms with Crippen molar-refractivity contribution in [1.29, 1.82) is 0 Å². The highest BCUT2D eigenvalue weighted by Gasteiger charge is 2.24. The number of nitrogens with zero attached hydrogens (tertiary/aromatic N) is 3. The molecule has 0 unspecified atom stereocenters. The summed E-state index contributed by atoms with van der Waals surface area (Å²) in [5.41, 5.74) is 0. The summed E-state index contributed by atoms with van der Waals surface area (Å²) in [7, 11) is 0. The molecule has 1 aliphatic carbocycles. The van der Waals surface area contributed by atoms with Crippen LogP contribution in [0.1, 0.15) is 19.3 Å². The first-order valence-electron chi connectivity index (χ1n) is 4.21. The monoisotopic (exact) mass is 165 g/mol. The molecule has 1 aromatic heterocycles. The molecule has 64 valence electrons. The van der Waals surface area contributed by atoms with Crippen LogP contribution in [-0.2, 0) is 11.3 Å². The van der Waals surface area contributed by atoms with E-state index in [1.54, 1.807) is 11.0 Å². The summed E-state index contributed by atoms with van der Waals surface area (Å²) in [4.78, 5) is 15.1. The topological polar surface area (TPSA) is 47.8 Å². The van der Waals surface area contributed by atoms with E-state index in [0.29, 0.717) is 12.3 Å². The van der Waals surface area contributed by atoms with Crippen molar-refractivity contribution in [3.05, 3.63) is 12.7 Å². The van der Waals surface area contributed by atoms with Crippen molar-refractivity contribution in [1.82, 2.24) is 14.8 Å². The lowest BCUT2D eigenvalue weighted by molar-refractivity contribution is -0.121. The van der Waals surface area contributed by atoms with Crippen LogP contribution < -0.4 is 0 Å². The maximum absolute atomic E-state index is 11.2. The molecule has 0 saturated heterocycles. The summed E-state index contributed by atoms with van der Waals surface area (Å²) >= 11 is 0. The number of rotatable bonds is 2. The van der Waals surface area contributed by atoms with Crippen molar-refractivity contribution in [3.63, 3.8) is 0 Å². The normalized spacial score (nSPS) is 23.3. The van der Waals surface area contributed by atoms with E-state index in [9.17, 15) is 4.79 Å². The van der Waals surface area contributed by atoms with Gasteiger partial charge in [-0.05, 0) is 12.8 Å². The van der Waals surface area contributed by atoms with E-state index in [4.69, 9.17) is 0 Å². The third kappa shape index (κ3) is 1.37. The molecule has 0 bridgehead atoms. The van der Waals surface area contributed by atoms with Gasteiger partial charge in [-0.2, -0.15) is 5.10 Å². The van der Waals surface area contributed by atoms with Gasteiger partial charge in [-0.1, -0.05) is 0 Å². The second kappa shape index (κ2) is 3.05. The van der Waals surface area contributed by atoms with Gasteiger partial charge in [0.1, 0.15) is 18.4 Å². The lowest BCUT2D eigenvalue weighted by Crippen LogP contribution is -2.14. The first-order chi connectivity index (χ1) is 5.86. The fourth-order valence-electron chi connectivity index (χ4n) is 1.63. The number of carbonyl (C=O) groups excluding carboxylic acids is 1.